The predicted molar refractivity (Wildman–Crippen MR) is 83.4 cm³/mol. The summed E-state index contributed by atoms with van der Waals surface area (Å²) >= 11 is 0. The van der Waals surface area contributed by atoms with E-state index in [0.29, 0.717) is 12.8 Å². The normalized spacial score (nSPS) is 13.4. The molecule has 2 atom stereocenters. The summed E-state index contributed by atoms with van der Waals surface area (Å²) in [5.41, 5.74) is 8.01. The standard InChI is InChI=1S/C17H21N3O/c1-13(16-9-5-6-12-19-16)20-17(21)11-10-15(18)14-7-3-2-4-8-14/h2-9,12-13,15H,10-11,18H2,1H3,(H,20,21)/t13-,15?/m1/s1. The summed E-state index contributed by atoms with van der Waals surface area (Å²) in [6, 6.07) is 15.3. The van der Waals surface area contributed by atoms with Crippen molar-refractivity contribution in [1.82, 2.24) is 10.3 Å². The minimum atomic E-state index is -0.109. The van der Waals surface area contributed by atoms with E-state index in [1.807, 2.05) is 55.5 Å². The van der Waals surface area contributed by atoms with Gasteiger partial charge in [-0.25, -0.2) is 0 Å². The number of pyridine rings is 1. The van der Waals surface area contributed by atoms with E-state index >= 15 is 0 Å². The van der Waals surface area contributed by atoms with E-state index in [1.54, 1.807) is 6.20 Å². The summed E-state index contributed by atoms with van der Waals surface area (Å²) < 4.78 is 0. The highest BCUT2D eigenvalue weighted by molar-refractivity contribution is 5.76. The number of nitrogens with two attached hydrogens (primary N) is 1. The molecule has 4 nitrogen and oxygen atoms in total. The molecule has 2 aromatic rings. The number of carbonyl (C=O) groups excluding carboxylic acids is 1. The lowest BCUT2D eigenvalue weighted by Crippen LogP contribution is -2.27. The number of nitrogens with zero attached hydrogens (tertiary/aromatic N) is 1. The highest BCUT2D eigenvalue weighted by atomic mass is 16.1. The van der Waals surface area contributed by atoms with Crippen LogP contribution in [-0.2, 0) is 4.79 Å². The average molecular weight is 283 g/mol. The number of aromatic nitrogens is 1. The van der Waals surface area contributed by atoms with Crippen molar-refractivity contribution in [2.45, 2.75) is 31.8 Å². The fourth-order valence-electron chi connectivity index (χ4n) is 2.17. The topological polar surface area (TPSA) is 68.0 Å². The second-order valence-corrected chi connectivity index (χ2v) is 5.10. The van der Waals surface area contributed by atoms with Crippen LogP contribution in [0.2, 0.25) is 0 Å². The van der Waals surface area contributed by atoms with Crippen LogP contribution < -0.4 is 11.1 Å². The molecule has 0 aliphatic carbocycles. The molecule has 0 spiro atoms. The SMILES string of the molecule is C[C@@H](NC(=O)CCC(N)c1ccccc1)c1ccccn1. The number of benzene rings is 1. The van der Waals surface area contributed by atoms with Crippen molar-refractivity contribution < 1.29 is 4.79 Å². The van der Waals surface area contributed by atoms with Gasteiger partial charge in [0.25, 0.3) is 0 Å². The van der Waals surface area contributed by atoms with Crippen LogP contribution in [-0.4, -0.2) is 10.9 Å². The monoisotopic (exact) mass is 283 g/mol. The van der Waals surface area contributed by atoms with Crippen molar-refractivity contribution in [3.05, 3.63) is 66.0 Å². The number of nitrogens with one attached hydrogen (secondary N) is 1. The first-order valence-corrected chi connectivity index (χ1v) is 7.17. The van der Waals surface area contributed by atoms with E-state index in [-0.39, 0.29) is 18.0 Å². The van der Waals surface area contributed by atoms with Crippen molar-refractivity contribution in [3.8, 4) is 0 Å². The minimum absolute atomic E-state index is 0.000431. The van der Waals surface area contributed by atoms with Crippen LogP contribution in [0.5, 0.6) is 0 Å². The van der Waals surface area contributed by atoms with Gasteiger partial charge in [0.15, 0.2) is 0 Å². The van der Waals surface area contributed by atoms with Crippen molar-refractivity contribution in [2.75, 3.05) is 0 Å². The Morgan fingerprint density at radius 2 is 1.90 bits per heavy atom. The number of carbonyl (C=O) groups is 1. The van der Waals surface area contributed by atoms with Crippen LogP contribution in [0.25, 0.3) is 0 Å². The summed E-state index contributed by atoms with van der Waals surface area (Å²) in [5.74, 6) is -0.000431. The number of rotatable bonds is 6. The summed E-state index contributed by atoms with van der Waals surface area (Å²) in [5, 5.41) is 2.95. The van der Waals surface area contributed by atoms with Crippen molar-refractivity contribution in [3.63, 3.8) is 0 Å². The highest BCUT2D eigenvalue weighted by Gasteiger charge is 2.12. The number of hydrogen-bond acceptors (Lipinski definition) is 3. The summed E-state index contributed by atoms with van der Waals surface area (Å²) in [6.07, 6.45) is 2.77. The van der Waals surface area contributed by atoms with Crippen molar-refractivity contribution >= 4 is 5.91 Å². The van der Waals surface area contributed by atoms with Crippen LogP contribution in [0, 0.1) is 0 Å². The molecule has 0 bridgehead atoms. The van der Waals surface area contributed by atoms with E-state index in [2.05, 4.69) is 10.3 Å². The maximum atomic E-state index is 12.0. The third kappa shape index (κ3) is 4.68. The van der Waals surface area contributed by atoms with Crippen LogP contribution in [0.1, 0.15) is 43.1 Å². The lowest BCUT2D eigenvalue weighted by molar-refractivity contribution is -0.121. The Bertz CT molecular complexity index is 557. The minimum Gasteiger partial charge on any atom is -0.348 e. The van der Waals surface area contributed by atoms with E-state index in [0.717, 1.165) is 11.3 Å². The molecule has 1 aromatic heterocycles. The maximum Gasteiger partial charge on any atom is 0.220 e. The van der Waals surface area contributed by atoms with Gasteiger partial charge in [0.2, 0.25) is 5.91 Å². The second kappa shape index (κ2) is 7.55. The Labute approximate surface area is 125 Å². The van der Waals surface area contributed by atoms with Crippen LogP contribution >= 0.6 is 0 Å². The van der Waals surface area contributed by atoms with Gasteiger partial charge in [0, 0.05) is 18.7 Å². The first-order chi connectivity index (χ1) is 10.2. The molecular weight excluding hydrogens is 262 g/mol. The first-order valence-electron chi connectivity index (χ1n) is 7.17. The Balaban J connectivity index is 1.80. The predicted octanol–water partition coefficient (Wildman–Crippen LogP) is 2.74. The quantitative estimate of drug-likeness (QED) is 0.856. The zero-order valence-electron chi connectivity index (χ0n) is 12.2. The Hall–Kier alpha value is -2.20. The van der Waals surface area contributed by atoms with Crippen LogP contribution in [0.4, 0.5) is 0 Å². The van der Waals surface area contributed by atoms with E-state index in [4.69, 9.17) is 5.73 Å². The molecule has 4 heteroatoms. The molecular formula is C17H21N3O. The molecule has 0 radical (unpaired) electrons. The van der Waals surface area contributed by atoms with Crippen LogP contribution in [0.3, 0.4) is 0 Å². The smallest absolute Gasteiger partial charge is 0.220 e. The van der Waals surface area contributed by atoms with Gasteiger partial charge in [-0.3, -0.25) is 9.78 Å². The molecule has 1 aromatic carbocycles. The molecule has 0 aliphatic rings. The molecule has 1 amide bonds. The Kier molecular flexibility index (Phi) is 5.46. The van der Waals surface area contributed by atoms with E-state index < -0.39 is 0 Å². The highest BCUT2D eigenvalue weighted by Crippen LogP contribution is 2.15. The van der Waals surface area contributed by atoms with Crippen molar-refractivity contribution in [2.24, 2.45) is 5.73 Å². The van der Waals surface area contributed by atoms with E-state index in [1.165, 1.54) is 0 Å². The Morgan fingerprint density at radius 3 is 2.57 bits per heavy atom. The summed E-state index contributed by atoms with van der Waals surface area (Å²) in [7, 11) is 0. The Morgan fingerprint density at radius 1 is 1.19 bits per heavy atom. The van der Waals surface area contributed by atoms with Gasteiger partial charge in [-0.1, -0.05) is 36.4 Å². The maximum absolute atomic E-state index is 12.0. The molecule has 1 unspecified atom stereocenters. The molecule has 0 aliphatic heterocycles. The number of amides is 1. The van der Waals surface area contributed by atoms with Gasteiger partial charge in [0.1, 0.15) is 0 Å². The fraction of sp³-hybridized carbons (Fsp3) is 0.294. The molecule has 3 N–H and O–H groups in total. The molecule has 0 saturated heterocycles. The molecule has 1 heterocycles. The molecule has 0 saturated carbocycles. The van der Waals surface area contributed by atoms with Crippen molar-refractivity contribution in [1.29, 1.82) is 0 Å². The van der Waals surface area contributed by atoms with Gasteiger partial charge in [-0.05, 0) is 31.0 Å². The molecule has 110 valence electrons. The fourth-order valence-corrected chi connectivity index (χ4v) is 2.17. The van der Waals surface area contributed by atoms with Gasteiger partial charge >= 0.3 is 0 Å². The van der Waals surface area contributed by atoms with Gasteiger partial charge in [0.05, 0.1) is 11.7 Å². The zero-order chi connectivity index (χ0) is 15.1. The van der Waals surface area contributed by atoms with Gasteiger partial charge in [-0.2, -0.15) is 0 Å². The second-order valence-electron chi connectivity index (χ2n) is 5.10. The first kappa shape index (κ1) is 15.2. The van der Waals surface area contributed by atoms with Gasteiger partial charge < -0.3 is 11.1 Å². The van der Waals surface area contributed by atoms with E-state index in [9.17, 15) is 4.79 Å². The average Bonchev–Trinajstić information content (AvgIpc) is 2.54. The lowest BCUT2D eigenvalue weighted by atomic mass is 10.0. The zero-order valence-corrected chi connectivity index (χ0v) is 12.2. The summed E-state index contributed by atoms with van der Waals surface area (Å²) in [6.45, 7) is 1.93. The molecule has 2 rings (SSSR count). The lowest BCUT2D eigenvalue weighted by Gasteiger charge is -2.15. The van der Waals surface area contributed by atoms with Gasteiger partial charge in [-0.15, -0.1) is 0 Å². The third-order valence-corrected chi connectivity index (χ3v) is 3.42. The molecule has 21 heavy (non-hydrogen) atoms. The number of hydrogen-bond donors (Lipinski definition) is 2. The third-order valence-electron chi connectivity index (χ3n) is 3.42. The molecule has 0 fully saturated rings. The van der Waals surface area contributed by atoms with Crippen LogP contribution in [0.15, 0.2) is 54.7 Å². The largest absolute Gasteiger partial charge is 0.348 e. The summed E-state index contributed by atoms with van der Waals surface area (Å²) in [4.78, 5) is 16.2.